The first-order valence-corrected chi connectivity index (χ1v) is 8.27. The lowest BCUT2D eigenvalue weighted by molar-refractivity contribution is 0.273. The number of aromatic nitrogens is 2. The van der Waals surface area contributed by atoms with Gasteiger partial charge in [-0.25, -0.2) is 0 Å². The number of nitrogens with two attached hydrogens (primary N) is 1. The molecule has 2 N–H and O–H groups in total. The Balaban J connectivity index is 1.75. The fourth-order valence-electron chi connectivity index (χ4n) is 2.90. The van der Waals surface area contributed by atoms with E-state index in [1.54, 1.807) is 0 Å². The van der Waals surface area contributed by atoms with Crippen LogP contribution in [-0.4, -0.2) is 16.2 Å². The van der Waals surface area contributed by atoms with Crippen molar-refractivity contribution in [3.05, 3.63) is 34.1 Å². The SMILES string of the molecule is Cc1ccc(-c2noc(CC3CCCCC3N)n2)cc1Br. The van der Waals surface area contributed by atoms with Crippen molar-refractivity contribution in [3.8, 4) is 11.4 Å². The van der Waals surface area contributed by atoms with Gasteiger partial charge in [-0.15, -0.1) is 0 Å². The van der Waals surface area contributed by atoms with E-state index in [1.165, 1.54) is 18.4 Å². The summed E-state index contributed by atoms with van der Waals surface area (Å²) in [4.78, 5) is 4.53. The van der Waals surface area contributed by atoms with Gasteiger partial charge in [0.05, 0.1) is 0 Å². The van der Waals surface area contributed by atoms with E-state index in [0.717, 1.165) is 29.3 Å². The summed E-state index contributed by atoms with van der Waals surface area (Å²) in [5.74, 6) is 1.82. The highest BCUT2D eigenvalue weighted by Crippen LogP contribution is 2.27. The monoisotopic (exact) mass is 349 g/mol. The van der Waals surface area contributed by atoms with Gasteiger partial charge >= 0.3 is 0 Å². The molecule has 1 aliphatic carbocycles. The number of aryl methyl sites for hydroxylation is 1. The third-order valence-electron chi connectivity index (χ3n) is 4.30. The van der Waals surface area contributed by atoms with Crippen molar-refractivity contribution in [2.45, 2.75) is 45.1 Å². The number of rotatable bonds is 3. The Labute approximate surface area is 133 Å². The van der Waals surface area contributed by atoms with Crippen LogP contribution in [0.2, 0.25) is 0 Å². The van der Waals surface area contributed by atoms with E-state index < -0.39 is 0 Å². The summed E-state index contributed by atoms with van der Waals surface area (Å²) >= 11 is 3.53. The second kappa shape index (κ2) is 6.28. The zero-order valence-electron chi connectivity index (χ0n) is 12.2. The molecule has 2 aromatic rings. The maximum absolute atomic E-state index is 6.19. The maximum atomic E-state index is 6.19. The second-order valence-corrected chi connectivity index (χ2v) is 6.74. The first-order valence-electron chi connectivity index (χ1n) is 7.48. The van der Waals surface area contributed by atoms with Crippen LogP contribution in [0, 0.1) is 12.8 Å². The number of hydrogen-bond donors (Lipinski definition) is 1. The van der Waals surface area contributed by atoms with E-state index in [9.17, 15) is 0 Å². The van der Waals surface area contributed by atoms with E-state index >= 15 is 0 Å². The average Bonchev–Trinajstić information content (AvgIpc) is 2.93. The van der Waals surface area contributed by atoms with Crippen molar-refractivity contribution in [1.29, 1.82) is 0 Å². The smallest absolute Gasteiger partial charge is 0.227 e. The molecule has 0 aliphatic heterocycles. The van der Waals surface area contributed by atoms with Crippen LogP contribution in [0.5, 0.6) is 0 Å². The van der Waals surface area contributed by atoms with E-state index in [-0.39, 0.29) is 6.04 Å². The summed E-state index contributed by atoms with van der Waals surface area (Å²) in [5, 5.41) is 4.10. The van der Waals surface area contributed by atoms with Crippen molar-refractivity contribution >= 4 is 15.9 Å². The quantitative estimate of drug-likeness (QED) is 0.913. The molecular weight excluding hydrogens is 330 g/mol. The van der Waals surface area contributed by atoms with E-state index in [2.05, 4.69) is 33.0 Å². The predicted octanol–water partition coefficient (Wildman–Crippen LogP) is 3.87. The van der Waals surface area contributed by atoms with Crippen LogP contribution in [0.15, 0.2) is 27.2 Å². The zero-order valence-corrected chi connectivity index (χ0v) is 13.8. The lowest BCUT2D eigenvalue weighted by Gasteiger charge is -2.27. The molecule has 1 aromatic carbocycles. The summed E-state index contributed by atoms with van der Waals surface area (Å²) in [5.41, 5.74) is 8.34. The van der Waals surface area contributed by atoms with E-state index in [4.69, 9.17) is 10.3 Å². The fourth-order valence-corrected chi connectivity index (χ4v) is 3.28. The third kappa shape index (κ3) is 3.35. The van der Waals surface area contributed by atoms with Gasteiger partial charge in [-0.1, -0.05) is 46.1 Å². The topological polar surface area (TPSA) is 64.9 Å². The Morgan fingerprint density at radius 3 is 2.90 bits per heavy atom. The zero-order chi connectivity index (χ0) is 14.8. The Morgan fingerprint density at radius 2 is 2.14 bits per heavy atom. The van der Waals surface area contributed by atoms with Crippen LogP contribution in [0.1, 0.15) is 37.1 Å². The fraction of sp³-hybridized carbons (Fsp3) is 0.500. The molecule has 2 unspecified atom stereocenters. The van der Waals surface area contributed by atoms with Crippen molar-refractivity contribution in [3.63, 3.8) is 0 Å². The largest absolute Gasteiger partial charge is 0.339 e. The minimum Gasteiger partial charge on any atom is -0.339 e. The van der Waals surface area contributed by atoms with Gasteiger partial charge in [0.1, 0.15) is 0 Å². The third-order valence-corrected chi connectivity index (χ3v) is 5.16. The van der Waals surface area contributed by atoms with Crippen LogP contribution >= 0.6 is 15.9 Å². The number of hydrogen-bond acceptors (Lipinski definition) is 4. The summed E-state index contributed by atoms with van der Waals surface area (Å²) in [6.45, 7) is 2.06. The molecule has 2 atom stereocenters. The van der Waals surface area contributed by atoms with Crippen LogP contribution < -0.4 is 5.73 Å². The normalized spacial score (nSPS) is 22.4. The molecule has 0 radical (unpaired) electrons. The number of halogens is 1. The van der Waals surface area contributed by atoms with Gasteiger partial charge in [-0.2, -0.15) is 4.98 Å². The predicted molar refractivity (Wildman–Crippen MR) is 85.8 cm³/mol. The lowest BCUT2D eigenvalue weighted by Crippen LogP contribution is -2.34. The van der Waals surface area contributed by atoms with E-state index in [0.29, 0.717) is 17.6 Å². The molecule has 4 nitrogen and oxygen atoms in total. The van der Waals surface area contributed by atoms with Crippen molar-refractivity contribution < 1.29 is 4.52 Å². The number of nitrogens with zero attached hydrogens (tertiary/aromatic N) is 2. The first kappa shape index (κ1) is 14.7. The molecule has 3 rings (SSSR count). The van der Waals surface area contributed by atoms with Crippen molar-refractivity contribution in [2.24, 2.45) is 11.7 Å². The summed E-state index contributed by atoms with van der Waals surface area (Å²) < 4.78 is 6.46. The molecule has 1 fully saturated rings. The minimum absolute atomic E-state index is 0.266. The summed E-state index contributed by atoms with van der Waals surface area (Å²) in [7, 11) is 0. The van der Waals surface area contributed by atoms with Gasteiger partial charge in [0.15, 0.2) is 0 Å². The molecule has 1 heterocycles. The molecule has 0 spiro atoms. The maximum Gasteiger partial charge on any atom is 0.227 e. The van der Waals surface area contributed by atoms with Gasteiger partial charge in [0.2, 0.25) is 11.7 Å². The van der Waals surface area contributed by atoms with Gasteiger partial charge < -0.3 is 10.3 Å². The highest BCUT2D eigenvalue weighted by molar-refractivity contribution is 9.10. The molecule has 1 aromatic heterocycles. The number of benzene rings is 1. The first-order chi connectivity index (χ1) is 10.1. The van der Waals surface area contributed by atoms with Gasteiger partial charge in [0, 0.05) is 22.5 Å². The highest BCUT2D eigenvalue weighted by atomic mass is 79.9. The standard InChI is InChI=1S/C16H20BrN3O/c1-10-6-7-12(8-13(10)17)16-19-15(21-20-16)9-11-4-2-3-5-14(11)18/h6-8,11,14H,2-5,9,18H2,1H3. The Hall–Kier alpha value is -1.20. The second-order valence-electron chi connectivity index (χ2n) is 5.89. The molecule has 1 aliphatic rings. The van der Waals surface area contributed by atoms with Gasteiger partial charge in [0.25, 0.3) is 0 Å². The van der Waals surface area contributed by atoms with Crippen molar-refractivity contribution in [2.75, 3.05) is 0 Å². The molecule has 21 heavy (non-hydrogen) atoms. The van der Waals surface area contributed by atoms with Crippen molar-refractivity contribution in [1.82, 2.24) is 10.1 Å². The van der Waals surface area contributed by atoms with Crippen LogP contribution in [-0.2, 0) is 6.42 Å². The van der Waals surface area contributed by atoms with E-state index in [1.807, 2.05) is 18.2 Å². The summed E-state index contributed by atoms with van der Waals surface area (Å²) in [6, 6.07) is 6.35. The Bertz CT molecular complexity index is 626. The average molecular weight is 350 g/mol. The van der Waals surface area contributed by atoms with Crippen LogP contribution in [0.25, 0.3) is 11.4 Å². The molecule has 0 saturated heterocycles. The summed E-state index contributed by atoms with van der Waals surface area (Å²) in [6.07, 6.45) is 5.56. The molecule has 5 heteroatoms. The lowest BCUT2D eigenvalue weighted by atomic mass is 9.83. The molecular formula is C16H20BrN3O. The van der Waals surface area contributed by atoms with Gasteiger partial charge in [-0.05, 0) is 37.3 Å². The molecule has 0 amide bonds. The molecule has 112 valence electrons. The molecule has 1 saturated carbocycles. The van der Waals surface area contributed by atoms with Gasteiger partial charge in [-0.3, -0.25) is 0 Å². The Kier molecular flexibility index (Phi) is 4.40. The molecule has 0 bridgehead atoms. The van der Waals surface area contributed by atoms with Crippen LogP contribution in [0.3, 0.4) is 0 Å². The minimum atomic E-state index is 0.266. The highest BCUT2D eigenvalue weighted by Gasteiger charge is 2.24. The van der Waals surface area contributed by atoms with Crippen LogP contribution in [0.4, 0.5) is 0 Å². The Morgan fingerprint density at radius 1 is 1.33 bits per heavy atom.